The standard InChI is InChI=1S/C15H12BrCl2N3O3.C7H9N/c1-15(2)23-11-10(20-14(16)21-13(11)24-15)12(22)19-6-7-3-8(17)5-9(18)4-7;1-6-3-2-4-7(8)5-6/h3-5H,6H2,1-2H3,(H,19,22);2-5H,8H2,1H3. The molecule has 0 atom stereocenters. The highest BCUT2D eigenvalue weighted by Gasteiger charge is 2.37. The number of rotatable bonds is 3. The Morgan fingerprint density at radius 1 is 1.12 bits per heavy atom. The summed E-state index contributed by atoms with van der Waals surface area (Å²) in [5, 5.41) is 3.74. The molecule has 1 aliphatic heterocycles. The van der Waals surface area contributed by atoms with Crippen LogP contribution >= 0.6 is 39.1 Å². The number of carbonyl (C=O) groups excluding carboxylic acids is 1. The molecular formula is C22H21BrCl2N4O3. The number of nitrogens with two attached hydrogens (primary N) is 1. The lowest BCUT2D eigenvalue weighted by atomic mass is 10.2. The number of halogens is 3. The van der Waals surface area contributed by atoms with Gasteiger partial charge in [-0.25, -0.2) is 4.98 Å². The Morgan fingerprint density at radius 3 is 2.41 bits per heavy atom. The summed E-state index contributed by atoms with van der Waals surface area (Å²) in [6.45, 7) is 5.70. The predicted molar refractivity (Wildman–Crippen MR) is 128 cm³/mol. The maximum atomic E-state index is 12.5. The number of aryl methyl sites for hydroxylation is 1. The van der Waals surface area contributed by atoms with Crippen LogP contribution in [-0.4, -0.2) is 21.7 Å². The van der Waals surface area contributed by atoms with E-state index >= 15 is 0 Å². The zero-order valence-corrected chi connectivity index (χ0v) is 20.7. The van der Waals surface area contributed by atoms with Crippen LogP contribution in [0.2, 0.25) is 10.0 Å². The Labute approximate surface area is 204 Å². The van der Waals surface area contributed by atoms with Crippen molar-refractivity contribution in [2.24, 2.45) is 0 Å². The molecule has 0 saturated carbocycles. The molecule has 0 saturated heterocycles. The maximum Gasteiger partial charge on any atom is 0.274 e. The molecule has 0 bridgehead atoms. The van der Waals surface area contributed by atoms with Crippen molar-refractivity contribution in [2.45, 2.75) is 33.1 Å². The number of nitrogen functional groups attached to an aromatic ring is 1. The normalized spacial score (nSPS) is 13.2. The molecule has 1 amide bonds. The first-order valence-corrected chi connectivity index (χ1v) is 11.1. The van der Waals surface area contributed by atoms with Crippen LogP contribution in [0.5, 0.6) is 11.6 Å². The van der Waals surface area contributed by atoms with Crippen molar-refractivity contribution >= 4 is 50.7 Å². The zero-order chi connectivity index (χ0) is 23.5. The van der Waals surface area contributed by atoms with Gasteiger partial charge in [-0.15, -0.1) is 0 Å². The van der Waals surface area contributed by atoms with Gasteiger partial charge >= 0.3 is 0 Å². The highest BCUT2D eigenvalue weighted by Crippen LogP contribution is 2.40. The Balaban J connectivity index is 0.000000305. The molecule has 10 heteroatoms. The molecule has 0 fully saturated rings. The molecule has 1 aromatic heterocycles. The second-order valence-electron chi connectivity index (χ2n) is 7.45. The highest BCUT2D eigenvalue weighted by molar-refractivity contribution is 9.10. The second-order valence-corrected chi connectivity index (χ2v) is 9.04. The number of hydrogen-bond acceptors (Lipinski definition) is 6. The molecule has 3 N–H and O–H groups in total. The fraction of sp³-hybridized carbons (Fsp3) is 0.227. The van der Waals surface area contributed by atoms with Crippen LogP contribution in [0.3, 0.4) is 0 Å². The van der Waals surface area contributed by atoms with Gasteiger partial charge in [0.1, 0.15) is 0 Å². The molecule has 3 aromatic rings. The number of benzene rings is 2. The van der Waals surface area contributed by atoms with Gasteiger partial charge in [-0.05, 0) is 64.3 Å². The number of nitrogens with one attached hydrogen (secondary N) is 1. The predicted octanol–water partition coefficient (Wildman–Crippen LogP) is 5.56. The minimum atomic E-state index is -0.909. The summed E-state index contributed by atoms with van der Waals surface area (Å²) in [6.07, 6.45) is 0. The summed E-state index contributed by atoms with van der Waals surface area (Å²) in [4.78, 5) is 20.7. The number of fused-ring (bicyclic) bond motifs is 1. The van der Waals surface area contributed by atoms with Gasteiger partial charge in [-0.2, -0.15) is 4.98 Å². The number of ether oxygens (including phenoxy) is 2. The lowest BCUT2D eigenvalue weighted by Crippen LogP contribution is -2.30. The van der Waals surface area contributed by atoms with Crippen molar-refractivity contribution in [3.63, 3.8) is 0 Å². The maximum absolute atomic E-state index is 12.5. The van der Waals surface area contributed by atoms with Crippen molar-refractivity contribution in [1.82, 2.24) is 15.3 Å². The molecule has 0 spiro atoms. The van der Waals surface area contributed by atoms with Crippen molar-refractivity contribution in [1.29, 1.82) is 0 Å². The van der Waals surface area contributed by atoms with Crippen LogP contribution in [0.4, 0.5) is 5.69 Å². The summed E-state index contributed by atoms with van der Waals surface area (Å²) in [5.74, 6) is -0.901. The van der Waals surface area contributed by atoms with Gasteiger partial charge in [0.15, 0.2) is 5.69 Å². The van der Waals surface area contributed by atoms with Crippen LogP contribution in [-0.2, 0) is 6.54 Å². The van der Waals surface area contributed by atoms with E-state index in [1.54, 1.807) is 32.0 Å². The number of nitrogens with zero attached hydrogens (tertiary/aromatic N) is 2. The number of anilines is 1. The number of hydrogen-bond donors (Lipinski definition) is 2. The summed E-state index contributed by atoms with van der Waals surface area (Å²) >= 11 is 15.1. The van der Waals surface area contributed by atoms with E-state index in [1.165, 1.54) is 5.56 Å². The first kappa shape index (κ1) is 24.1. The van der Waals surface area contributed by atoms with Gasteiger partial charge in [0.05, 0.1) is 0 Å². The van der Waals surface area contributed by atoms with Crippen LogP contribution < -0.4 is 20.5 Å². The van der Waals surface area contributed by atoms with Crippen LogP contribution in [0, 0.1) is 6.92 Å². The largest absolute Gasteiger partial charge is 0.445 e. The zero-order valence-electron chi connectivity index (χ0n) is 17.6. The van der Waals surface area contributed by atoms with E-state index < -0.39 is 11.7 Å². The van der Waals surface area contributed by atoms with Gasteiger partial charge in [-0.1, -0.05) is 35.3 Å². The second kappa shape index (κ2) is 9.94. The average molecular weight is 540 g/mol. The third-order valence-corrected chi connectivity index (χ3v) is 4.92. The van der Waals surface area contributed by atoms with E-state index in [4.69, 9.17) is 38.4 Å². The SMILES string of the molecule is CC1(C)Oc2nc(Br)nc(C(=O)NCc3cc(Cl)cc(Cl)c3)c2O1.Cc1cccc(N)c1. The molecule has 0 unspecified atom stereocenters. The molecule has 168 valence electrons. The minimum absolute atomic E-state index is 0.0885. The van der Waals surface area contributed by atoms with Crippen molar-refractivity contribution in [3.8, 4) is 11.6 Å². The number of carbonyl (C=O) groups is 1. The lowest BCUT2D eigenvalue weighted by molar-refractivity contribution is -0.0450. The van der Waals surface area contributed by atoms with Crippen LogP contribution in [0.25, 0.3) is 0 Å². The molecule has 1 aliphatic rings. The first-order chi connectivity index (χ1) is 15.0. The number of amides is 1. The Kier molecular flexibility index (Phi) is 7.48. The van der Waals surface area contributed by atoms with Gasteiger partial charge in [0, 0.05) is 36.1 Å². The molecule has 2 heterocycles. The quantitative estimate of drug-likeness (QED) is 0.334. The fourth-order valence-corrected chi connectivity index (χ4v) is 3.78. The van der Waals surface area contributed by atoms with E-state index in [0.29, 0.717) is 10.0 Å². The van der Waals surface area contributed by atoms with Gasteiger partial charge in [-0.3, -0.25) is 4.79 Å². The first-order valence-electron chi connectivity index (χ1n) is 9.53. The molecule has 4 rings (SSSR count). The summed E-state index contributed by atoms with van der Waals surface area (Å²) in [5.41, 5.74) is 8.36. The fourth-order valence-electron chi connectivity index (χ4n) is 2.87. The van der Waals surface area contributed by atoms with E-state index in [9.17, 15) is 4.79 Å². The highest BCUT2D eigenvalue weighted by atomic mass is 79.9. The van der Waals surface area contributed by atoms with E-state index in [-0.39, 0.29) is 28.6 Å². The van der Waals surface area contributed by atoms with Gasteiger partial charge < -0.3 is 20.5 Å². The minimum Gasteiger partial charge on any atom is -0.445 e. The Hall–Kier alpha value is -2.55. The molecule has 32 heavy (non-hydrogen) atoms. The van der Waals surface area contributed by atoms with Crippen molar-refractivity contribution in [3.05, 3.63) is 74.1 Å². The monoisotopic (exact) mass is 538 g/mol. The van der Waals surface area contributed by atoms with E-state index in [0.717, 1.165) is 11.3 Å². The molecule has 0 radical (unpaired) electrons. The summed E-state index contributed by atoms with van der Waals surface area (Å²) < 4.78 is 11.4. The lowest BCUT2D eigenvalue weighted by Gasteiger charge is -2.15. The Morgan fingerprint density at radius 2 is 1.81 bits per heavy atom. The van der Waals surface area contributed by atoms with Gasteiger partial charge in [0.25, 0.3) is 11.8 Å². The van der Waals surface area contributed by atoms with E-state index in [2.05, 4.69) is 31.2 Å². The topological polar surface area (TPSA) is 99.4 Å². The molecular weight excluding hydrogens is 519 g/mol. The molecule has 2 aromatic carbocycles. The third kappa shape index (κ3) is 6.48. The van der Waals surface area contributed by atoms with Crippen molar-refractivity contribution < 1.29 is 14.3 Å². The molecule has 7 nitrogen and oxygen atoms in total. The third-order valence-electron chi connectivity index (χ3n) is 4.13. The van der Waals surface area contributed by atoms with Crippen molar-refractivity contribution in [2.75, 3.05) is 5.73 Å². The average Bonchev–Trinajstić information content (AvgIpc) is 2.98. The summed E-state index contributed by atoms with van der Waals surface area (Å²) in [7, 11) is 0. The Bertz CT molecular complexity index is 1120. The smallest absolute Gasteiger partial charge is 0.274 e. The van der Waals surface area contributed by atoms with Crippen LogP contribution in [0.1, 0.15) is 35.5 Å². The van der Waals surface area contributed by atoms with E-state index in [1.807, 2.05) is 31.2 Å². The van der Waals surface area contributed by atoms with Crippen LogP contribution in [0.15, 0.2) is 47.2 Å². The molecule has 0 aliphatic carbocycles. The van der Waals surface area contributed by atoms with Gasteiger partial charge in [0.2, 0.25) is 16.3 Å². The summed E-state index contributed by atoms with van der Waals surface area (Å²) in [6, 6.07) is 12.9. The number of aromatic nitrogens is 2.